The van der Waals surface area contributed by atoms with Crippen LogP contribution in [0, 0.1) is 13.8 Å². The fourth-order valence-corrected chi connectivity index (χ4v) is 24.0. The number of hydrogen-bond donors (Lipinski definition) is 0. The molecule has 12 heteroatoms. The van der Waals surface area contributed by atoms with Crippen LogP contribution in [-0.4, -0.2) is 8.75 Å². The molecular formula is C88H86N4S8. The Bertz CT molecular complexity index is 5040. The highest BCUT2D eigenvalue weighted by Gasteiger charge is 2.53. The van der Waals surface area contributed by atoms with Gasteiger partial charge in [-0.2, -0.15) is 17.5 Å². The van der Waals surface area contributed by atoms with Crippen molar-refractivity contribution in [3.05, 3.63) is 246 Å². The van der Waals surface area contributed by atoms with E-state index in [9.17, 15) is 0 Å². The molecule has 2 aliphatic carbocycles. The fourth-order valence-electron chi connectivity index (χ4n) is 16.3. The first-order valence-electron chi connectivity index (χ1n) is 36.8. The summed E-state index contributed by atoms with van der Waals surface area (Å²) in [6, 6.07) is 68.8. The minimum absolute atomic E-state index is 0.526. The first-order chi connectivity index (χ1) is 49.2. The quantitative estimate of drug-likeness (QED) is 0.0439. The van der Waals surface area contributed by atoms with E-state index in [1.807, 2.05) is 56.7 Å². The molecule has 0 radical (unpaired) electrons. The Kier molecular flexibility index (Phi) is 19.9. The molecule has 16 rings (SSSR count). The Hall–Kier alpha value is -6.84. The van der Waals surface area contributed by atoms with Crippen molar-refractivity contribution in [1.82, 2.24) is 8.75 Å². The van der Waals surface area contributed by atoms with Crippen molar-refractivity contribution in [3.63, 3.8) is 0 Å². The number of thiophene rings is 6. The number of benzene rings is 6. The maximum Gasteiger partial charge on any atom is 0.116 e. The minimum atomic E-state index is -0.592. The summed E-state index contributed by atoms with van der Waals surface area (Å²) in [6.45, 7) is 13.8. The van der Waals surface area contributed by atoms with E-state index in [1.165, 1.54) is 252 Å². The first kappa shape index (κ1) is 67.6. The van der Waals surface area contributed by atoms with E-state index in [4.69, 9.17) is 17.5 Å². The van der Waals surface area contributed by atoms with Gasteiger partial charge in [0.15, 0.2) is 0 Å². The molecule has 506 valence electrons. The van der Waals surface area contributed by atoms with Gasteiger partial charge in [-0.25, -0.2) is 0 Å². The normalized spacial score (nSPS) is 13.7. The molecule has 0 saturated carbocycles. The molecule has 6 aromatic carbocycles. The zero-order valence-corrected chi connectivity index (χ0v) is 64.9. The lowest BCUT2D eigenvalue weighted by molar-refractivity contribution is 0.666. The number of unbranched alkanes of at least 4 members (excludes halogenated alkanes) is 12. The molecule has 0 N–H and O–H groups in total. The van der Waals surface area contributed by atoms with Crippen LogP contribution < -0.4 is 0 Å². The topological polar surface area (TPSA) is 50.5 Å². The van der Waals surface area contributed by atoms with Crippen LogP contribution in [0.1, 0.15) is 207 Å². The Morgan fingerprint density at radius 3 is 1.04 bits per heavy atom. The average molecular weight is 1460 g/mol. The summed E-state index contributed by atoms with van der Waals surface area (Å²) in [7, 11) is 0. The summed E-state index contributed by atoms with van der Waals surface area (Å²) in [5.74, 6) is 0. The van der Waals surface area contributed by atoms with Gasteiger partial charge in [-0.3, -0.25) is 0 Å². The van der Waals surface area contributed by atoms with Crippen molar-refractivity contribution >= 4 is 114 Å². The van der Waals surface area contributed by atoms with Gasteiger partial charge in [-0.15, -0.1) is 68.0 Å². The van der Waals surface area contributed by atoms with Gasteiger partial charge >= 0.3 is 0 Å². The molecule has 0 atom stereocenters. The molecule has 3 aliphatic rings. The first-order valence-corrected chi connectivity index (χ1v) is 43.2. The molecule has 0 fully saturated rings. The third-order valence-electron chi connectivity index (χ3n) is 21.4. The molecule has 0 spiro atoms. The summed E-state index contributed by atoms with van der Waals surface area (Å²) >= 11 is 13.9. The SMILES string of the molecule is CCCCCCc1ccc(C2(c3ccc(CCCCCC)cc3)c3cc4c(cc3-c3sc(C)cc32)C(c2ccc(CCCCCC)cc2)(c2ccc(CCCCCC)cc2)c2cc(-c3ccc(-c5ccc(-c6c7c(c(-c8ccc(-c9ccc(C)s9)s8)c8nsnc68)N=S=N7)s5)s3)sc2-4)cc1. The van der Waals surface area contributed by atoms with Crippen molar-refractivity contribution in [2.45, 2.75) is 181 Å². The third-order valence-corrected chi connectivity index (χ3v) is 29.6. The van der Waals surface area contributed by atoms with Crippen molar-refractivity contribution in [1.29, 1.82) is 0 Å². The molecule has 7 aromatic heterocycles. The molecule has 13 aromatic rings. The summed E-state index contributed by atoms with van der Waals surface area (Å²) in [5, 5.41) is 0. The fraction of sp³-hybridized carbons (Fsp3) is 0.318. The van der Waals surface area contributed by atoms with Crippen molar-refractivity contribution < 1.29 is 0 Å². The highest BCUT2D eigenvalue weighted by Crippen LogP contribution is 2.66. The maximum absolute atomic E-state index is 5.03. The van der Waals surface area contributed by atoms with Gasteiger partial charge in [0.1, 0.15) is 22.4 Å². The number of hydrogen-bond acceptors (Lipinski definition) is 11. The molecule has 8 heterocycles. The summed E-state index contributed by atoms with van der Waals surface area (Å²) in [5.41, 5.74) is 24.0. The standard InChI is InChI=1S/C88H86N4S8/c1-7-11-15-19-23-57-28-36-61(37-29-57)87(62-38-30-58(31-39-62)24-20-16-12-8-2)67-53-66-68(52-65(67)85-69(87)51-56(6)94-85)88(63-40-32-59(33-41-63)25-21-17-13-9-3,64-42-34-60(35-43-64)26-22-18-14-10-4)70-54-78(98-86(66)70)75-46-45-73(95-75)74-48-50-77(97-74)80-83-81(89-99-91-83)79(82-84(80)92-100-90-82)76-49-47-72(96-76)71-44-27-55(5)93-71/h27-54H,7-26H2,1-6H3. The van der Waals surface area contributed by atoms with E-state index < -0.39 is 10.8 Å². The number of fused-ring (bicyclic) bond motifs is 8. The van der Waals surface area contributed by atoms with E-state index >= 15 is 0 Å². The van der Waals surface area contributed by atoms with Gasteiger partial charge in [0.2, 0.25) is 0 Å². The number of nitrogens with zero attached hydrogens (tertiary/aromatic N) is 4. The smallest absolute Gasteiger partial charge is 0.116 e. The lowest BCUT2D eigenvalue weighted by Crippen LogP contribution is -2.30. The van der Waals surface area contributed by atoms with Crippen LogP contribution >= 0.6 is 79.7 Å². The van der Waals surface area contributed by atoms with Crippen molar-refractivity contribution in [3.8, 4) is 71.0 Å². The largest absolute Gasteiger partial charge is 0.172 e. The van der Waals surface area contributed by atoms with Crippen LogP contribution in [0.2, 0.25) is 0 Å². The zero-order valence-electron chi connectivity index (χ0n) is 58.4. The third kappa shape index (κ3) is 12.3. The lowest BCUT2D eigenvalue weighted by atomic mass is 9.65. The van der Waals surface area contributed by atoms with E-state index in [0.29, 0.717) is 0 Å². The van der Waals surface area contributed by atoms with E-state index in [1.54, 1.807) is 11.3 Å². The van der Waals surface area contributed by atoms with Crippen LogP contribution in [0.25, 0.3) is 82.1 Å². The number of rotatable bonds is 29. The molecular weight excluding hydrogens is 1370 g/mol. The summed E-state index contributed by atoms with van der Waals surface area (Å²) in [6.07, 6.45) is 24.6. The van der Waals surface area contributed by atoms with Crippen LogP contribution in [0.15, 0.2) is 179 Å². The predicted octanol–water partition coefficient (Wildman–Crippen LogP) is 29.0. The van der Waals surface area contributed by atoms with Crippen LogP contribution in [0.5, 0.6) is 0 Å². The Labute approximate surface area is 623 Å². The van der Waals surface area contributed by atoms with Crippen molar-refractivity contribution in [2.75, 3.05) is 0 Å². The van der Waals surface area contributed by atoms with E-state index in [-0.39, 0.29) is 0 Å². The molecule has 0 bridgehead atoms. The molecule has 1 aliphatic heterocycles. The van der Waals surface area contributed by atoms with Gasteiger partial charge in [0.05, 0.1) is 33.9 Å². The molecule has 0 amide bonds. The van der Waals surface area contributed by atoms with E-state index in [0.717, 1.165) is 69.0 Å². The molecule has 0 unspecified atom stereocenters. The van der Waals surface area contributed by atoms with Gasteiger partial charge in [-0.05, 0) is 216 Å². The van der Waals surface area contributed by atoms with Gasteiger partial charge in [-0.1, -0.05) is 202 Å². The average Bonchev–Trinajstić information content (AvgIpc) is 1.50. The second-order valence-corrected chi connectivity index (χ2v) is 35.9. The van der Waals surface area contributed by atoms with Gasteiger partial charge in [0.25, 0.3) is 0 Å². The van der Waals surface area contributed by atoms with Crippen LogP contribution in [0.4, 0.5) is 11.4 Å². The zero-order chi connectivity index (χ0) is 67.9. The second-order valence-electron chi connectivity index (χ2n) is 28.0. The Morgan fingerprint density at radius 2 is 0.650 bits per heavy atom. The van der Waals surface area contributed by atoms with Crippen LogP contribution in [0.3, 0.4) is 0 Å². The molecule has 4 nitrogen and oxygen atoms in total. The summed E-state index contributed by atoms with van der Waals surface area (Å²) < 4.78 is 20.1. The van der Waals surface area contributed by atoms with Gasteiger partial charge < -0.3 is 0 Å². The monoisotopic (exact) mass is 1450 g/mol. The van der Waals surface area contributed by atoms with Crippen molar-refractivity contribution in [2.24, 2.45) is 8.73 Å². The number of aryl methyl sites for hydroxylation is 6. The molecule has 100 heavy (non-hydrogen) atoms. The summed E-state index contributed by atoms with van der Waals surface area (Å²) in [4.78, 5) is 15.4. The second kappa shape index (κ2) is 29.5. The highest BCUT2D eigenvalue weighted by atomic mass is 32.1. The minimum Gasteiger partial charge on any atom is -0.172 e. The Morgan fingerprint density at radius 1 is 0.300 bits per heavy atom. The van der Waals surface area contributed by atoms with Gasteiger partial charge in [0, 0.05) is 69.7 Å². The number of aromatic nitrogens is 2. The van der Waals surface area contributed by atoms with Crippen LogP contribution in [-0.2, 0) is 47.9 Å². The predicted molar refractivity (Wildman–Crippen MR) is 439 cm³/mol. The highest BCUT2D eigenvalue weighted by molar-refractivity contribution is 7.58. The maximum atomic E-state index is 5.03. The Balaban J connectivity index is 0.850. The lowest BCUT2D eigenvalue weighted by Gasteiger charge is -2.35. The van der Waals surface area contributed by atoms with E-state index in [2.05, 4.69) is 211 Å². The molecule has 0 saturated heterocycles.